The first-order valence-corrected chi connectivity index (χ1v) is 14.3. The summed E-state index contributed by atoms with van der Waals surface area (Å²) in [4.78, 5) is 2.39. The second-order valence-corrected chi connectivity index (χ2v) is 10.5. The van der Waals surface area contributed by atoms with Crippen molar-refractivity contribution in [3.8, 4) is 22.3 Å². The zero-order valence-corrected chi connectivity index (χ0v) is 22.9. The molecule has 2 nitrogen and oxygen atoms in total. The van der Waals surface area contributed by atoms with E-state index in [1.54, 1.807) is 0 Å². The molecule has 2 heteroatoms. The molecule has 0 N–H and O–H groups in total. The Labute approximate surface area is 244 Å². The first-order chi connectivity index (χ1) is 20.8. The van der Waals surface area contributed by atoms with Crippen molar-refractivity contribution < 1.29 is 4.42 Å². The molecule has 7 aromatic carbocycles. The molecule has 0 spiro atoms. The Balaban J connectivity index is 1.45. The summed E-state index contributed by atoms with van der Waals surface area (Å²) >= 11 is 0. The molecule has 1 heterocycles. The van der Waals surface area contributed by atoms with Crippen molar-refractivity contribution in [2.75, 3.05) is 4.90 Å². The van der Waals surface area contributed by atoms with Crippen molar-refractivity contribution in [1.29, 1.82) is 0 Å². The van der Waals surface area contributed by atoms with Crippen LogP contribution in [0.1, 0.15) is 0 Å². The third-order valence-electron chi connectivity index (χ3n) is 8.06. The largest absolute Gasteiger partial charge is 0.456 e. The molecule has 0 bridgehead atoms. The molecule has 1 aromatic heterocycles. The summed E-state index contributed by atoms with van der Waals surface area (Å²) < 4.78 is 6.41. The molecule has 8 rings (SSSR count). The smallest absolute Gasteiger partial charge is 0.136 e. The van der Waals surface area contributed by atoms with Crippen LogP contribution in [0.5, 0.6) is 0 Å². The molecule has 0 fully saturated rings. The Kier molecular flexibility index (Phi) is 5.82. The van der Waals surface area contributed by atoms with Crippen molar-refractivity contribution in [2.45, 2.75) is 0 Å². The average molecular weight is 538 g/mol. The van der Waals surface area contributed by atoms with Crippen molar-refractivity contribution >= 4 is 49.8 Å². The van der Waals surface area contributed by atoms with Crippen LogP contribution in [0.4, 0.5) is 17.1 Å². The molecule has 198 valence electrons. The van der Waals surface area contributed by atoms with Crippen LogP contribution in [0.3, 0.4) is 0 Å². The molecule has 0 saturated carbocycles. The maximum Gasteiger partial charge on any atom is 0.136 e. The van der Waals surface area contributed by atoms with Gasteiger partial charge in [-0.05, 0) is 58.5 Å². The molecule has 0 unspecified atom stereocenters. The first kappa shape index (κ1) is 24.2. The van der Waals surface area contributed by atoms with Crippen molar-refractivity contribution in [1.82, 2.24) is 0 Å². The van der Waals surface area contributed by atoms with Gasteiger partial charge in [-0.25, -0.2) is 0 Å². The van der Waals surface area contributed by atoms with E-state index in [0.29, 0.717) is 0 Å². The van der Waals surface area contributed by atoms with Gasteiger partial charge in [-0.1, -0.05) is 127 Å². The number of benzene rings is 7. The van der Waals surface area contributed by atoms with Gasteiger partial charge >= 0.3 is 0 Å². The van der Waals surface area contributed by atoms with E-state index in [-0.39, 0.29) is 0 Å². The fourth-order valence-corrected chi connectivity index (χ4v) is 6.13. The van der Waals surface area contributed by atoms with E-state index >= 15 is 0 Å². The highest BCUT2D eigenvalue weighted by Crippen LogP contribution is 2.48. The number of hydrogen-bond acceptors (Lipinski definition) is 2. The molecule has 8 aromatic rings. The third-order valence-corrected chi connectivity index (χ3v) is 8.06. The number of furan rings is 1. The second-order valence-electron chi connectivity index (χ2n) is 10.5. The molecule has 0 aliphatic heterocycles. The van der Waals surface area contributed by atoms with Gasteiger partial charge in [0.05, 0.1) is 11.4 Å². The first-order valence-electron chi connectivity index (χ1n) is 14.3. The topological polar surface area (TPSA) is 16.4 Å². The minimum absolute atomic E-state index is 0.882. The summed E-state index contributed by atoms with van der Waals surface area (Å²) in [6.45, 7) is 0. The van der Waals surface area contributed by atoms with Gasteiger partial charge in [-0.2, -0.15) is 0 Å². The predicted molar refractivity (Wildman–Crippen MR) is 177 cm³/mol. The van der Waals surface area contributed by atoms with Gasteiger partial charge in [-0.3, -0.25) is 0 Å². The zero-order valence-electron chi connectivity index (χ0n) is 22.9. The van der Waals surface area contributed by atoms with Crippen molar-refractivity contribution in [2.24, 2.45) is 0 Å². The quantitative estimate of drug-likeness (QED) is 0.217. The Morgan fingerprint density at radius 2 is 1.00 bits per heavy atom. The summed E-state index contributed by atoms with van der Waals surface area (Å²) in [5.41, 5.74) is 9.80. The minimum atomic E-state index is 0.882. The van der Waals surface area contributed by atoms with E-state index in [1.807, 2.05) is 6.07 Å². The fourth-order valence-electron chi connectivity index (χ4n) is 6.13. The molecular formula is C40H27NO. The molecule has 0 radical (unpaired) electrons. The SMILES string of the molecule is c1ccc(-c2ccc(-c3c(N(c4ccccc4)c4cccc5ccccc45)ccc4oc5ccccc5c34)cc2)cc1. The van der Waals surface area contributed by atoms with Crippen LogP contribution >= 0.6 is 0 Å². The van der Waals surface area contributed by atoms with Gasteiger partial charge < -0.3 is 9.32 Å². The lowest BCUT2D eigenvalue weighted by atomic mass is 9.94. The van der Waals surface area contributed by atoms with E-state index < -0.39 is 0 Å². The summed E-state index contributed by atoms with van der Waals surface area (Å²) in [7, 11) is 0. The molecular weight excluding hydrogens is 510 g/mol. The summed E-state index contributed by atoms with van der Waals surface area (Å²) in [5.74, 6) is 0. The van der Waals surface area contributed by atoms with Crippen LogP contribution in [0, 0.1) is 0 Å². The normalized spacial score (nSPS) is 11.3. The monoisotopic (exact) mass is 537 g/mol. The maximum absolute atomic E-state index is 6.41. The lowest BCUT2D eigenvalue weighted by Gasteiger charge is -2.29. The summed E-state index contributed by atoms with van der Waals surface area (Å²) in [6.07, 6.45) is 0. The van der Waals surface area contributed by atoms with Gasteiger partial charge in [0.25, 0.3) is 0 Å². The van der Waals surface area contributed by atoms with Gasteiger partial charge in [-0.15, -0.1) is 0 Å². The highest BCUT2D eigenvalue weighted by Gasteiger charge is 2.23. The van der Waals surface area contributed by atoms with Gasteiger partial charge in [0, 0.05) is 27.4 Å². The lowest BCUT2D eigenvalue weighted by Crippen LogP contribution is -2.11. The molecule has 42 heavy (non-hydrogen) atoms. The lowest BCUT2D eigenvalue weighted by molar-refractivity contribution is 0.669. The number of anilines is 3. The van der Waals surface area contributed by atoms with E-state index in [0.717, 1.165) is 50.1 Å². The Hall–Kier alpha value is -5.60. The molecule has 0 aliphatic rings. The predicted octanol–water partition coefficient (Wildman–Crippen LogP) is 11.5. The Morgan fingerprint density at radius 1 is 0.381 bits per heavy atom. The van der Waals surface area contributed by atoms with E-state index in [4.69, 9.17) is 4.42 Å². The molecule has 0 amide bonds. The van der Waals surface area contributed by atoms with E-state index in [2.05, 4.69) is 163 Å². The maximum atomic E-state index is 6.41. The highest BCUT2D eigenvalue weighted by atomic mass is 16.3. The van der Waals surface area contributed by atoms with Crippen LogP contribution < -0.4 is 4.90 Å². The number of rotatable bonds is 5. The fraction of sp³-hybridized carbons (Fsp3) is 0. The van der Waals surface area contributed by atoms with E-state index in [1.165, 1.54) is 21.9 Å². The Bertz CT molecular complexity index is 2170. The van der Waals surface area contributed by atoms with Gasteiger partial charge in [0.2, 0.25) is 0 Å². The van der Waals surface area contributed by atoms with Crippen LogP contribution in [-0.2, 0) is 0 Å². The number of nitrogens with zero attached hydrogens (tertiary/aromatic N) is 1. The summed E-state index contributed by atoms with van der Waals surface area (Å²) in [6, 6.07) is 57.9. The van der Waals surface area contributed by atoms with Crippen molar-refractivity contribution in [3.05, 3.63) is 164 Å². The number of para-hydroxylation sites is 2. The minimum Gasteiger partial charge on any atom is -0.456 e. The molecule has 0 saturated heterocycles. The second kappa shape index (κ2) is 10.1. The van der Waals surface area contributed by atoms with Crippen LogP contribution in [-0.4, -0.2) is 0 Å². The highest BCUT2D eigenvalue weighted by molar-refractivity contribution is 6.17. The van der Waals surface area contributed by atoms with E-state index in [9.17, 15) is 0 Å². The van der Waals surface area contributed by atoms with Crippen LogP contribution in [0.2, 0.25) is 0 Å². The number of hydrogen-bond donors (Lipinski definition) is 0. The summed E-state index contributed by atoms with van der Waals surface area (Å²) in [5, 5.41) is 4.64. The molecule has 0 aliphatic carbocycles. The number of fused-ring (bicyclic) bond motifs is 4. The average Bonchev–Trinajstić information content (AvgIpc) is 3.45. The molecule has 0 atom stereocenters. The van der Waals surface area contributed by atoms with Gasteiger partial charge in [0.1, 0.15) is 11.2 Å². The van der Waals surface area contributed by atoms with Crippen LogP contribution in [0.25, 0.3) is 55.0 Å². The van der Waals surface area contributed by atoms with Crippen molar-refractivity contribution in [3.63, 3.8) is 0 Å². The standard InChI is InChI=1S/C40H27NO/c1-3-12-28(13-4-1)29-22-24-31(25-23-29)39-36(26-27-38-40(39)34-19-9-10-21-37(34)42-38)41(32-16-5-2-6-17-32)35-20-11-15-30-14-7-8-18-33(30)35/h1-27H. The van der Waals surface area contributed by atoms with Gasteiger partial charge in [0.15, 0.2) is 0 Å². The zero-order chi connectivity index (χ0) is 27.9. The third kappa shape index (κ3) is 4.05. The Morgan fingerprint density at radius 3 is 1.81 bits per heavy atom. The van der Waals surface area contributed by atoms with Crippen LogP contribution in [0.15, 0.2) is 168 Å².